The number of carboxylic acids is 1. The number of aromatic amines is 1. The summed E-state index contributed by atoms with van der Waals surface area (Å²) in [6.07, 6.45) is 3.81. The number of H-pyrrole nitrogens is 1. The van der Waals surface area contributed by atoms with Crippen LogP contribution in [0.25, 0.3) is 5.65 Å². The highest BCUT2D eigenvalue weighted by Crippen LogP contribution is 2.70. The number of methoxy groups -OCH3 is 1. The second-order valence-corrected chi connectivity index (χ2v) is 13.2. The summed E-state index contributed by atoms with van der Waals surface area (Å²) in [6.45, 7) is 10.3. The van der Waals surface area contributed by atoms with Gasteiger partial charge in [-0.1, -0.05) is 6.92 Å². The molecule has 13 nitrogen and oxygen atoms in total. The number of pyridine rings is 1. The summed E-state index contributed by atoms with van der Waals surface area (Å²) < 4.78 is 29.4. The first kappa shape index (κ1) is 27.2. The van der Waals surface area contributed by atoms with Crippen molar-refractivity contribution in [2.75, 3.05) is 44.0 Å². The molecular weight excluding hydrogens is 536 g/mol. The van der Waals surface area contributed by atoms with E-state index in [1.165, 1.54) is 20.5 Å². The third-order valence-corrected chi connectivity index (χ3v) is 10.1. The van der Waals surface area contributed by atoms with Crippen LogP contribution >= 0.6 is 0 Å². The van der Waals surface area contributed by atoms with Crippen LogP contribution in [0.5, 0.6) is 0 Å². The Morgan fingerprint density at radius 2 is 2.20 bits per heavy atom. The highest BCUT2D eigenvalue weighted by atomic mass is 32.2. The van der Waals surface area contributed by atoms with Gasteiger partial charge in [-0.3, -0.25) is 5.10 Å². The number of aliphatic carboxylic acids is 1. The van der Waals surface area contributed by atoms with E-state index < -0.39 is 33.6 Å². The summed E-state index contributed by atoms with van der Waals surface area (Å²) in [7, 11) is -0.353. The van der Waals surface area contributed by atoms with Crippen LogP contribution in [0.4, 0.5) is 5.69 Å². The SMILES string of the molecule is COC(C)(CS(=O)NCC12COC(c3nc4c(C)cc(N5CCC(C)C5)cn4n3)(C1)C2c1n[nH]c(C)n1)C(=O)O. The molecule has 3 aliphatic heterocycles. The molecule has 3 N–H and O–H groups in total. The number of ether oxygens (including phenoxy) is 2. The standard InChI is InChI=1S/C26H36N8O5S/c1-15-6-7-33(9-15)18-8-16(2)21-29-22(32-34(21)10-18)26-11-25(13-39-26,19(26)20-28-17(3)30-31-20)12-27-40(37)14-24(4,38-5)23(35)36/h8,10,15,19,27H,6-7,9,11-14H2,1-5H3,(H,35,36)(H,28,30,31). The number of fused-ring (bicyclic) bond motifs is 2. The minimum absolute atomic E-state index is 0.198. The van der Waals surface area contributed by atoms with Crippen molar-refractivity contribution in [2.45, 2.75) is 57.7 Å². The van der Waals surface area contributed by atoms with Gasteiger partial charge in [-0.25, -0.2) is 28.2 Å². The van der Waals surface area contributed by atoms with Crippen molar-refractivity contribution in [2.24, 2.45) is 11.3 Å². The maximum atomic E-state index is 12.9. The summed E-state index contributed by atoms with van der Waals surface area (Å²) in [4.78, 5) is 23.6. The Bertz CT molecular complexity index is 1490. The topological polar surface area (TPSA) is 160 Å². The second kappa shape index (κ2) is 9.57. The molecule has 216 valence electrons. The number of aryl methyl sites for hydroxylation is 2. The van der Waals surface area contributed by atoms with Crippen molar-refractivity contribution >= 4 is 28.3 Å². The van der Waals surface area contributed by atoms with E-state index >= 15 is 0 Å². The van der Waals surface area contributed by atoms with Crippen LogP contribution < -0.4 is 9.62 Å². The van der Waals surface area contributed by atoms with Gasteiger partial charge in [0.2, 0.25) is 0 Å². The predicted octanol–water partition coefficient (Wildman–Crippen LogP) is 1.45. The Morgan fingerprint density at radius 3 is 2.85 bits per heavy atom. The van der Waals surface area contributed by atoms with Crippen LogP contribution in [-0.4, -0.2) is 89.8 Å². The minimum Gasteiger partial charge on any atom is -0.479 e. The largest absolute Gasteiger partial charge is 0.479 e. The van der Waals surface area contributed by atoms with Gasteiger partial charge in [0.15, 0.2) is 22.9 Å². The molecule has 0 spiro atoms. The molecule has 7 rings (SSSR count). The maximum Gasteiger partial charge on any atom is 0.336 e. The van der Waals surface area contributed by atoms with E-state index in [9.17, 15) is 14.1 Å². The smallest absolute Gasteiger partial charge is 0.336 e. The first-order chi connectivity index (χ1) is 19.0. The molecule has 1 aliphatic carbocycles. The molecule has 4 aliphatic rings. The lowest BCUT2D eigenvalue weighted by molar-refractivity contribution is -0.157. The average molecular weight is 573 g/mol. The molecule has 14 heteroatoms. The Balaban J connectivity index is 1.29. The Morgan fingerprint density at radius 1 is 1.40 bits per heavy atom. The van der Waals surface area contributed by atoms with Crippen molar-refractivity contribution < 1.29 is 23.6 Å². The van der Waals surface area contributed by atoms with Gasteiger partial charge < -0.3 is 19.5 Å². The van der Waals surface area contributed by atoms with Crippen molar-refractivity contribution in [1.29, 1.82) is 0 Å². The van der Waals surface area contributed by atoms with Gasteiger partial charge in [0, 0.05) is 32.2 Å². The normalized spacial score (nSPS) is 30.0. The molecule has 6 heterocycles. The van der Waals surface area contributed by atoms with E-state index in [1.54, 1.807) is 0 Å². The van der Waals surface area contributed by atoms with Gasteiger partial charge in [-0.15, -0.1) is 5.10 Å². The molecule has 6 atom stereocenters. The van der Waals surface area contributed by atoms with Crippen LogP contribution in [0.1, 0.15) is 55.6 Å². The lowest BCUT2D eigenvalue weighted by Crippen LogP contribution is -2.56. The van der Waals surface area contributed by atoms with Crippen molar-refractivity contribution in [1.82, 2.24) is 34.5 Å². The van der Waals surface area contributed by atoms with Crippen molar-refractivity contribution in [3.05, 3.63) is 35.3 Å². The zero-order valence-electron chi connectivity index (χ0n) is 23.4. The highest BCUT2D eigenvalue weighted by molar-refractivity contribution is 7.83. The number of nitrogens with one attached hydrogen (secondary N) is 2. The lowest BCUT2D eigenvalue weighted by atomic mass is 9.53. The van der Waals surface area contributed by atoms with Crippen molar-refractivity contribution in [3.8, 4) is 0 Å². The van der Waals surface area contributed by atoms with Crippen LogP contribution in [-0.2, 0) is 30.9 Å². The Kier molecular flexibility index (Phi) is 6.52. The fourth-order valence-electron chi connectivity index (χ4n) is 6.48. The fourth-order valence-corrected chi connectivity index (χ4v) is 7.77. The van der Waals surface area contributed by atoms with Crippen molar-refractivity contribution in [3.63, 3.8) is 0 Å². The number of hydrogen-bond acceptors (Lipinski definition) is 9. The van der Waals surface area contributed by atoms with E-state index in [2.05, 4.69) is 44.7 Å². The lowest BCUT2D eigenvalue weighted by Gasteiger charge is -2.49. The van der Waals surface area contributed by atoms with Gasteiger partial charge >= 0.3 is 5.97 Å². The summed E-state index contributed by atoms with van der Waals surface area (Å²) in [6, 6.07) is 2.17. The first-order valence-electron chi connectivity index (χ1n) is 13.5. The van der Waals surface area contributed by atoms with Gasteiger partial charge in [-0.2, -0.15) is 5.10 Å². The second-order valence-electron chi connectivity index (χ2n) is 11.9. The number of carbonyl (C=O) groups is 1. The summed E-state index contributed by atoms with van der Waals surface area (Å²) in [5, 5.41) is 21.8. The molecule has 0 aromatic carbocycles. The van der Waals surface area contributed by atoms with Gasteiger partial charge in [0.25, 0.3) is 0 Å². The molecule has 3 saturated heterocycles. The predicted molar refractivity (Wildman–Crippen MR) is 146 cm³/mol. The summed E-state index contributed by atoms with van der Waals surface area (Å²) in [5.41, 5.74) is 0.120. The summed E-state index contributed by atoms with van der Waals surface area (Å²) in [5.74, 6) is 0.891. The zero-order valence-corrected chi connectivity index (χ0v) is 24.2. The number of rotatable bonds is 10. The van der Waals surface area contributed by atoms with E-state index in [0.29, 0.717) is 43.0 Å². The van der Waals surface area contributed by atoms with Crippen LogP contribution in [0.3, 0.4) is 0 Å². The number of carboxylic acid groups (broad SMARTS) is 1. The van der Waals surface area contributed by atoms with Crippen LogP contribution in [0.15, 0.2) is 12.3 Å². The molecule has 0 radical (unpaired) electrons. The molecule has 4 fully saturated rings. The zero-order chi connectivity index (χ0) is 28.4. The molecule has 40 heavy (non-hydrogen) atoms. The average Bonchev–Trinajstić information content (AvgIpc) is 3.71. The molecular formula is C26H36N8O5S. The third-order valence-electron chi connectivity index (χ3n) is 8.85. The molecule has 1 saturated carbocycles. The third kappa shape index (κ3) is 4.23. The Labute approximate surface area is 234 Å². The number of anilines is 1. The first-order valence-corrected chi connectivity index (χ1v) is 14.9. The van der Waals surface area contributed by atoms with Crippen LogP contribution in [0.2, 0.25) is 0 Å². The number of hydrogen-bond donors (Lipinski definition) is 3. The van der Waals surface area contributed by atoms with Gasteiger partial charge in [-0.05, 0) is 51.2 Å². The fraction of sp³-hybridized carbons (Fsp3) is 0.654. The molecule has 2 bridgehead atoms. The molecule has 3 aromatic heterocycles. The maximum absolute atomic E-state index is 12.9. The Hall–Kier alpha value is -2.94. The van der Waals surface area contributed by atoms with Crippen LogP contribution in [0, 0.1) is 25.2 Å². The quantitative estimate of drug-likeness (QED) is 0.324. The molecule has 3 aromatic rings. The van der Waals surface area contributed by atoms with E-state index in [1.807, 2.05) is 17.6 Å². The van der Waals surface area contributed by atoms with E-state index in [4.69, 9.17) is 19.6 Å². The minimum atomic E-state index is -1.65. The van der Waals surface area contributed by atoms with Gasteiger partial charge in [0.1, 0.15) is 11.4 Å². The van der Waals surface area contributed by atoms with Gasteiger partial charge in [0.05, 0.1) is 41.1 Å². The van der Waals surface area contributed by atoms with E-state index in [-0.39, 0.29) is 11.7 Å². The highest BCUT2D eigenvalue weighted by Gasteiger charge is 2.74. The monoisotopic (exact) mass is 572 g/mol. The van der Waals surface area contributed by atoms with E-state index in [0.717, 1.165) is 30.0 Å². The number of aromatic nitrogens is 6. The molecule has 0 amide bonds. The molecule has 6 unspecified atom stereocenters. The number of nitrogens with zero attached hydrogens (tertiary/aromatic N) is 6. The summed E-state index contributed by atoms with van der Waals surface area (Å²) >= 11 is 0.